The van der Waals surface area contributed by atoms with Gasteiger partial charge in [0.05, 0.1) is 24.3 Å². The first-order valence-electron chi connectivity index (χ1n) is 16.4. The molecule has 0 aromatic heterocycles. The van der Waals surface area contributed by atoms with E-state index in [1.54, 1.807) is 48.5 Å². The summed E-state index contributed by atoms with van der Waals surface area (Å²) < 4.78 is 67.3. The van der Waals surface area contributed by atoms with Gasteiger partial charge in [0.25, 0.3) is 0 Å². The fourth-order valence-corrected chi connectivity index (χ4v) is 6.21. The van der Waals surface area contributed by atoms with Gasteiger partial charge in [-0.15, -0.1) is 0 Å². The number of esters is 1. The third-order valence-electron chi connectivity index (χ3n) is 9.02. The number of ether oxygens (including phenoxy) is 2. The molecule has 1 fully saturated rings. The molecule has 0 aliphatic carbocycles. The molecule has 1 aliphatic heterocycles. The Kier molecular flexibility index (Phi) is 12.3. The van der Waals surface area contributed by atoms with E-state index >= 15 is 4.39 Å². The first-order chi connectivity index (χ1) is 23.6. The third kappa shape index (κ3) is 9.84. The van der Waals surface area contributed by atoms with Gasteiger partial charge in [0.2, 0.25) is 0 Å². The number of carbonyl (C=O) groups is 2. The van der Waals surface area contributed by atoms with Crippen molar-refractivity contribution >= 4 is 11.8 Å². The number of ketones is 1. The van der Waals surface area contributed by atoms with Crippen LogP contribution in [-0.4, -0.2) is 49.2 Å². The summed E-state index contributed by atoms with van der Waals surface area (Å²) in [5, 5.41) is 3.36. The third-order valence-corrected chi connectivity index (χ3v) is 9.02. The smallest absolute Gasteiger partial charge is 0.306 e. The molecule has 0 amide bonds. The lowest BCUT2D eigenvalue weighted by Gasteiger charge is -2.35. The first-order valence-corrected chi connectivity index (χ1v) is 16.4. The van der Waals surface area contributed by atoms with Crippen molar-refractivity contribution < 1.29 is 36.6 Å². The summed E-state index contributed by atoms with van der Waals surface area (Å²) in [6, 6.07) is 20.6. The highest BCUT2D eigenvalue weighted by atomic mass is 19.1. The van der Waals surface area contributed by atoms with Crippen LogP contribution in [0.15, 0.2) is 91.0 Å². The number of hydrogen-bond acceptors (Lipinski definition) is 6. The minimum Gasteiger partial charge on any atom is -0.464 e. The van der Waals surface area contributed by atoms with Crippen LogP contribution in [0.2, 0.25) is 0 Å². The second kappa shape index (κ2) is 16.8. The molecule has 3 N–H and O–H groups in total. The lowest BCUT2D eigenvalue weighted by atomic mass is 9.82. The van der Waals surface area contributed by atoms with Crippen molar-refractivity contribution in [3.63, 3.8) is 0 Å². The zero-order chi connectivity index (χ0) is 34.9. The normalized spacial score (nSPS) is 18.3. The van der Waals surface area contributed by atoms with Crippen molar-refractivity contribution in [1.82, 2.24) is 5.32 Å². The van der Waals surface area contributed by atoms with Crippen molar-refractivity contribution in [3.05, 3.63) is 142 Å². The Bertz CT molecular complexity index is 1650. The second-order valence-corrected chi connectivity index (χ2v) is 12.5. The van der Waals surface area contributed by atoms with Crippen LogP contribution >= 0.6 is 0 Å². The number of benzene rings is 4. The fraction of sp³-hybridized carbons (Fsp3) is 0.333. The molecule has 1 heterocycles. The van der Waals surface area contributed by atoms with Crippen molar-refractivity contribution in [2.45, 2.75) is 69.2 Å². The molecule has 6 nitrogen and oxygen atoms in total. The van der Waals surface area contributed by atoms with E-state index in [0.29, 0.717) is 48.1 Å². The molecule has 0 spiro atoms. The molecule has 5 rings (SSSR count). The number of halogens is 4. The molecular weight excluding hydrogens is 636 g/mol. The Morgan fingerprint density at radius 1 is 0.857 bits per heavy atom. The van der Waals surface area contributed by atoms with E-state index in [1.807, 2.05) is 6.92 Å². The number of Topliss-reactive ketones (excluding diaryl/α,β-unsaturated/α-hetero) is 1. The van der Waals surface area contributed by atoms with Crippen LogP contribution in [0, 0.1) is 23.3 Å². The van der Waals surface area contributed by atoms with Gasteiger partial charge in [-0.05, 0) is 96.5 Å². The highest BCUT2D eigenvalue weighted by molar-refractivity contribution is 5.87. The monoisotopic (exact) mass is 676 g/mol. The van der Waals surface area contributed by atoms with Crippen LogP contribution in [0.25, 0.3) is 0 Å². The molecule has 0 unspecified atom stereocenters. The van der Waals surface area contributed by atoms with Gasteiger partial charge < -0.3 is 20.5 Å². The zero-order valence-corrected chi connectivity index (χ0v) is 27.2. The van der Waals surface area contributed by atoms with E-state index in [4.69, 9.17) is 15.2 Å². The maximum absolute atomic E-state index is 15.2. The summed E-state index contributed by atoms with van der Waals surface area (Å²) >= 11 is 0. The van der Waals surface area contributed by atoms with E-state index in [1.165, 1.54) is 42.5 Å². The average molecular weight is 677 g/mol. The Morgan fingerprint density at radius 3 is 2.04 bits per heavy atom. The van der Waals surface area contributed by atoms with E-state index in [-0.39, 0.29) is 55.3 Å². The second-order valence-electron chi connectivity index (χ2n) is 12.5. The Labute approximate surface area is 283 Å². The maximum Gasteiger partial charge on any atom is 0.306 e. The molecular formula is C39H40F4N2O4. The number of morpholine rings is 1. The molecule has 0 saturated carbocycles. The quantitative estimate of drug-likeness (QED) is 0.119. The standard InChI is InChI=1S/C39H40F4N2O4/c1-24-35(23-48-37(47)20-7-25-5-12-29(40)13-6-25)45-22-32(49-24)18-19-33-28(3-2-4-34(33)43)21-36(46)39(44)38(26-8-14-30(41)15-9-26)27-10-16-31(42)17-11-27/h2-6,8-17,24,32,35,38-39,45H,7,18-23,44H2,1H3/t24-,32-,35-,39-/m1/s1. The van der Waals surface area contributed by atoms with Gasteiger partial charge in [0, 0.05) is 25.3 Å². The minimum atomic E-state index is -1.06. The molecule has 49 heavy (non-hydrogen) atoms. The van der Waals surface area contributed by atoms with Crippen molar-refractivity contribution in [2.24, 2.45) is 5.73 Å². The van der Waals surface area contributed by atoms with E-state index < -0.39 is 29.4 Å². The zero-order valence-electron chi connectivity index (χ0n) is 27.2. The molecule has 4 aromatic carbocycles. The lowest BCUT2D eigenvalue weighted by Crippen LogP contribution is -2.53. The van der Waals surface area contributed by atoms with E-state index in [9.17, 15) is 22.8 Å². The van der Waals surface area contributed by atoms with E-state index in [2.05, 4.69) is 5.32 Å². The van der Waals surface area contributed by atoms with Gasteiger partial charge in [-0.3, -0.25) is 9.59 Å². The Balaban J connectivity index is 1.16. The summed E-state index contributed by atoms with van der Waals surface area (Å²) in [6.45, 7) is 2.48. The number of aryl methyl sites for hydroxylation is 1. The molecule has 258 valence electrons. The Hall–Kier alpha value is -4.38. The van der Waals surface area contributed by atoms with Gasteiger partial charge in [0.15, 0.2) is 5.78 Å². The summed E-state index contributed by atoms with van der Waals surface area (Å²) in [4.78, 5) is 25.9. The number of rotatable bonds is 14. The van der Waals surface area contributed by atoms with Crippen LogP contribution in [0.3, 0.4) is 0 Å². The topological polar surface area (TPSA) is 90.7 Å². The lowest BCUT2D eigenvalue weighted by molar-refractivity contribution is -0.147. The first kappa shape index (κ1) is 35.9. The van der Waals surface area contributed by atoms with Gasteiger partial charge in [-0.1, -0.05) is 48.5 Å². The largest absolute Gasteiger partial charge is 0.464 e. The number of hydrogen-bond donors (Lipinski definition) is 2. The van der Waals surface area contributed by atoms with Crippen LogP contribution in [-0.2, 0) is 38.3 Å². The summed E-state index contributed by atoms with van der Waals surface area (Å²) in [5.41, 5.74) is 9.50. The van der Waals surface area contributed by atoms with Gasteiger partial charge in [-0.25, -0.2) is 17.6 Å². The SMILES string of the molecule is C[C@H]1O[C@H](CCc2c(F)cccc2CC(=O)[C@@H](N)C(c2ccc(F)cc2)c2ccc(F)cc2)CN[C@@H]1COC(=O)CCc1ccc(F)cc1. The Morgan fingerprint density at radius 2 is 1.45 bits per heavy atom. The fourth-order valence-electron chi connectivity index (χ4n) is 6.21. The summed E-state index contributed by atoms with van der Waals surface area (Å²) in [7, 11) is 0. The van der Waals surface area contributed by atoms with Crippen molar-refractivity contribution in [3.8, 4) is 0 Å². The minimum absolute atomic E-state index is 0.123. The molecule has 10 heteroatoms. The van der Waals surface area contributed by atoms with Gasteiger partial charge in [0.1, 0.15) is 29.9 Å². The van der Waals surface area contributed by atoms with E-state index in [0.717, 1.165) is 5.56 Å². The molecule has 0 bridgehead atoms. The van der Waals surface area contributed by atoms with Crippen LogP contribution in [0.4, 0.5) is 17.6 Å². The number of carbonyl (C=O) groups excluding carboxylic acids is 2. The molecule has 0 radical (unpaired) electrons. The summed E-state index contributed by atoms with van der Waals surface area (Å²) in [6.07, 6.45) is 0.764. The molecule has 1 saturated heterocycles. The highest BCUT2D eigenvalue weighted by Crippen LogP contribution is 2.30. The molecule has 1 aliphatic rings. The predicted molar refractivity (Wildman–Crippen MR) is 178 cm³/mol. The summed E-state index contributed by atoms with van der Waals surface area (Å²) in [5.74, 6) is -3.01. The van der Waals surface area contributed by atoms with Crippen molar-refractivity contribution in [2.75, 3.05) is 13.2 Å². The van der Waals surface area contributed by atoms with Gasteiger partial charge >= 0.3 is 5.97 Å². The highest BCUT2D eigenvalue weighted by Gasteiger charge is 2.31. The molecule has 4 aromatic rings. The maximum atomic E-state index is 15.2. The van der Waals surface area contributed by atoms with Crippen LogP contribution in [0.1, 0.15) is 53.5 Å². The van der Waals surface area contributed by atoms with Crippen LogP contribution in [0.5, 0.6) is 0 Å². The number of nitrogens with one attached hydrogen (secondary N) is 1. The van der Waals surface area contributed by atoms with Crippen molar-refractivity contribution in [1.29, 1.82) is 0 Å². The van der Waals surface area contributed by atoms with Crippen LogP contribution < -0.4 is 11.1 Å². The van der Waals surface area contributed by atoms with Gasteiger partial charge in [-0.2, -0.15) is 0 Å². The molecule has 4 atom stereocenters. The predicted octanol–water partition coefficient (Wildman–Crippen LogP) is 6.37. The average Bonchev–Trinajstić information content (AvgIpc) is 3.09. The number of nitrogens with two attached hydrogens (primary N) is 1.